The van der Waals surface area contributed by atoms with Gasteiger partial charge in [-0.2, -0.15) is 0 Å². The fourth-order valence-electron chi connectivity index (χ4n) is 1.36. The predicted octanol–water partition coefficient (Wildman–Crippen LogP) is 3.60. The van der Waals surface area contributed by atoms with Crippen molar-refractivity contribution in [3.05, 3.63) is 30.5 Å². The maximum absolute atomic E-state index is 9.75. The maximum Gasteiger partial charge on any atom is 0.673 e. The van der Waals surface area contributed by atoms with E-state index in [4.69, 9.17) is 4.52 Å². The van der Waals surface area contributed by atoms with E-state index in [-0.39, 0.29) is 0 Å². The molecule has 0 N–H and O–H groups in total. The lowest BCUT2D eigenvalue weighted by Gasteiger charge is -1.94. The zero-order valence-corrected chi connectivity index (χ0v) is 9.41. The second-order valence-corrected chi connectivity index (χ2v) is 3.70. The third kappa shape index (κ3) is 4.46. The van der Waals surface area contributed by atoms with Crippen LogP contribution in [0.2, 0.25) is 0 Å². The van der Waals surface area contributed by atoms with Crippen LogP contribution in [-0.2, 0) is 0 Å². The summed E-state index contributed by atoms with van der Waals surface area (Å²) in [6.07, 6.45) is 1.79. The van der Waals surface area contributed by atoms with Gasteiger partial charge in [-0.05, 0) is 10.8 Å². The van der Waals surface area contributed by atoms with Gasteiger partial charge in [0.2, 0.25) is 0 Å². The summed E-state index contributed by atoms with van der Waals surface area (Å²) >= 11 is 0. The summed E-state index contributed by atoms with van der Waals surface area (Å²) in [6.45, 7) is 4.21. The molecule has 7 heteroatoms. The molecular weight excluding hydrogens is 237 g/mol. The Labute approximate surface area is 95.9 Å². The summed E-state index contributed by atoms with van der Waals surface area (Å²) in [6, 6.07) is 8.54. The number of aromatic nitrogens is 1. The Hall–Kier alpha value is -1.53. The van der Waals surface area contributed by atoms with Crippen molar-refractivity contribution in [2.75, 3.05) is 0 Å². The van der Waals surface area contributed by atoms with E-state index < -0.39 is 7.25 Å². The quantitative estimate of drug-likeness (QED) is 0.428. The summed E-state index contributed by atoms with van der Waals surface area (Å²) < 4.78 is 46.3. The van der Waals surface area contributed by atoms with Crippen LogP contribution in [0.15, 0.2) is 35.1 Å². The predicted molar refractivity (Wildman–Crippen MR) is 57.0 cm³/mol. The molecule has 0 aliphatic heterocycles. The van der Waals surface area contributed by atoms with E-state index in [0.29, 0.717) is 6.04 Å². The Balaban J connectivity index is 0.000000249. The molecule has 0 unspecified atom stereocenters. The van der Waals surface area contributed by atoms with Gasteiger partial charge in [0.05, 0.1) is 5.39 Å². The van der Waals surface area contributed by atoms with E-state index in [0.717, 1.165) is 10.9 Å². The lowest BCUT2D eigenvalue weighted by atomic mass is 10.2. The van der Waals surface area contributed by atoms with Crippen LogP contribution in [0.4, 0.5) is 17.3 Å². The molecule has 2 rings (SSSR count). The average molecular weight is 249 g/mol. The van der Waals surface area contributed by atoms with Gasteiger partial charge in [-0.3, -0.25) is 0 Å². The highest BCUT2D eigenvalue weighted by Crippen LogP contribution is 2.11. The molecule has 0 fully saturated rings. The van der Waals surface area contributed by atoms with Crippen LogP contribution in [0.1, 0.15) is 19.9 Å². The van der Waals surface area contributed by atoms with Crippen LogP contribution < -0.4 is 4.74 Å². The number of benzene rings is 1. The monoisotopic (exact) mass is 249 g/mol. The smallest absolute Gasteiger partial charge is 0.418 e. The van der Waals surface area contributed by atoms with Gasteiger partial charge in [-0.25, -0.2) is 4.52 Å². The molecule has 0 aliphatic rings. The van der Waals surface area contributed by atoms with E-state index in [1.165, 1.54) is 0 Å². The molecule has 0 saturated heterocycles. The van der Waals surface area contributed by atoms with Crippen molar-refractivity contribution in [2.45, 2.75) is 19.9 Å². The van der Waals surface area contributed by atoms with Crippen molar-refractivity contribution in [1.29, 1.82) is 0 Å². The van der Waals surface area contributed by atoms with E-state index >= 15 is 0 Å². The van der Waals surface area contributed by atoms with E-state index in [1.54, 1.807) is 6.26 Å². The molecule has 17 heavy (non-hydrogen) atoms. The molecule has 0 atom stereocenters. The standard InChI is InChI=1S/C10H12NO.BF4/c1-8(2)11-10-6-4-3-5-9(10)7-12-11;2-1(3,4)5/h3-8H,1-2H3;/q+1;-1. The van der Waals surface area contributed by atoms with Crippen molar-refractivity contribution in [2.24, 2.45) is 0 Å². The number of fused-ring (bicyclic) bond motifs is 1. The van der Waals surface area contributed by atoms with Crippen LogP contribution in [-0.4, -0.2) is 7.25 Å². The number of para-hydroxylation sites is 1. The van der Waals surface area contributed by atoms with Gasteiger partial charge in [0.25, 0.3) is 5.52 Å². The van der Waals surface area contributed by atoms with Crippen molar-refractivity contribution in [3.8, 4) is 0 Å². The molecular formula is C10H12BF4NO. The second kappa shape index (κ2) is 5.20. The highest BCUT2D eigenvalue weighted by atomic mass is 19.5. The molecule has 0 radical (unpaired) electrons. The molecule has 2 nitrogen and oxygen atoms in total. The third-order valence-corrected chi connectivity index (χ3v) is 1.94. The zero-order chi connectivity index (χ0) is 13.1. The van der Waals surface area contributed by atoms with Gasteiger partial charge in [-0.15, -0.1) is 0 Å². The fourth-order valence-corrected chi connectivity index (χ4v) is 1.36. The zero-order valence-electron chi connectivity index (χ0n) is 9.41. The van der Waals surface area contributed by atoms with Crippen molar-refractivity contribution >= 4 is 18.2 Å². The fraction of sp³-hybridized carbons (Fsp3) is 0.300. The molecule has 94 valence electrons. The highest BCUT2D eigenvalue weighted by Gasteiger charge is 2.20. The minimum absolute atomic E-state index is 0.380. The highest BCUT2D eigenvalue weighted by molar-refractivity contribution is 6.50. The van der Waals surface area contributed by atoms with E-state index in [2.05, 4.69) is 26.0 Å². The molecule has 1 heterocycles. The SMILES string of the molecule is CC(C)[n+]1occ2ccccc21.F[B-](F)(F)F. The van der Waals surface area contributed by atoms with Gasteiger partial charge in [-0.1, -0.05) is 12.1 Å². The van der Waals surface area contributed by atoms with Gasteiger partial charge in [0.1, 0.15) is 0 Å². The number of nitrogens with zero attached hydrogens (tertiary/aromatic N) is 1. The van der Waals surface area contributed by atoms with Crippen LogP contribution in [0, 0.1) is 0 Å². The van der Waals surface area contributed by atoms with Crippen LogP contribution >= 0.6 is 0 Å². The molecule has 2 aromatic rings. The van der Waals surface area contributed by atoms with Crippen molar-refractivity contribution < 1.29 is 26.5 Å². The Morgan fingerprint density at radius 1 is 1.12 bits per heavy atom. The lowest BCUT2D eigenvalue weighted by Crippen LogP contribution is -2.33. The summed E-state index contributed by atoms with van der Waals surface area (Å²) in [7, 11) is -6.00. The van der Waals surface area contributed by atoms with Crippen LogP contribution in [0.5, 0.6) is 0 Å². The van der Waals surface area contributed by atoms with Crippen molar-refractivity contribution in [1.82, 2.24) is 0 Å². The molecule has 0 amide bonds. The second-order valence-electron chi connectivity index (χ2n) is 3.70. The summed E-state index contributed by atoms with van der Waals surface area (Å²) in [5, 5.41) is 1.16. The van der Waals surface area contributed by atoms with Gasteiger partial charge < -0.3 is 17.3 Å². The minimum atomic E-state index is -6.00. The molecule has 0 aliphatic carbocycles. The van der Waals surface area contributed by atoms with Gasteiger partial charge in [0, 0.05) is 19.9 Å². The van der Waals surface area contributed by atoms with Crippen LogP contribution in [0.3, 0.4) is 0 Å². The minimum Gasteiger partial charge on any atom is -0.418 e. The molecule has 1 aromatic carbocycles. The first-order valence-corrected chi connectivity index (χ1v) is 5.04. The lowest BCUT2D eigenvalue weighted by molar-refractivity contribution is -0.858. The topological polar surface area (TPSA) is 17.0 Å². The number of rotatable bonds is 1. The Bertz CT molecular complexity index is 474. The summed E-state index contributed by atoms with van der Waals surface area (Å²) in [5.74, 6) is 0. The molecule has 0 saturated carbocycles. The number of hydrogen-bond acceptors (Lipinski definition) is 1. The first-order chi connectivity index (χ1) is 7.79. The number of hydrogen-bond donors (Lipinski definition) is 0. The first-order valence-electron chi connectivity index (χ1n) is 5.04. The Morgan fingerprint density at radius 3 is 2.18 bits per heavy atom. The Kier molecular flexibility index (Phi) is 4.14. The van der Waals surface area contributed by atoms with Gasteiger partial charge >= 0.3 is 7.25 Å². The molecule has 1 aromatic heterocycles. The first kappa shape index (κ1) is 13.5. The summed E-state index contributed by atoms with van der Waals surface area (Å²) in [4.78, 5) is 0. The largest absolute Gasteiger partial charge is 0.673 e. The maximum atomic E-state index is 9.75. The molecule has 0 spiro atoms. The Morgan fingerprint density at radius 2 is 1.65 bits per heavy atom. The van der Waals surface area contributed by atoms with Crippen LogP contribution in [0.25, 0.3) is 10.9 Å². The third-order valence-electron chi connectivity index (χ3n) is 1.94. The molecule has 0 bridgehead atoms. The van der Waals surface area contributed by atoms with Gasteiger partial charge in [0.15, 0.2) is 12.3 Å². The van der Waals surface area contributed by atoms with E-state index in [9.17, 15) is 17.3 Å². The summed E-state index contributed by atoms with van der Waals surface area (Å²) in [5.41, 5.74) is 1.16. The van der Waals surface area contributed by atoms with E-state index in [1.807, 2.05) is 16.9 Å². The normalized spacial score (nSPS) is 11.5. The van der Waals surface area contributed by atoms with Crippen molar-refractivity contribution in [3.63, 3.8) is 0 Å². The average Bonchev–Trinajstić information content (AvgIpc) is 2.58. The number of halogens is 4.